The highest BCUT2D eigenvalue weighted by Gasteiger charge is 2.26. The third-order valence-corrected chi connectivity index (χ3v) is 2.98. The molecule has 0 aliphatic heterocycles. The van der Waals surface area contributed by atoms with Gasteiger partial charge >= 0.3 is 0 Å². The molecule has 0 radical (unpaired) electrons. The monoisotopic (exact) mass is 321 g/mol. The zero-order valence-corrected chi connectivity index (χ0v) is 11.6. The predicted octanol–water partition coefficient (Wildman–Crippen LogP) is 3.69. The molecule has 0 aromatic carbocycles. The van der Waals surface area contributed by atoms with Crippen LogP contribution in [0.15, 0.2) is 21.2 Å². The molecule has 1 aromatic heterocycles. The van der Waals surface area contributed by atoms with Crippen molar-refractivity contribution in [3.8, 4) is 0 Å². The van der Waals surface area contributed by atoms with Crippen LogP contribution in [0.1, 0.15) is 32.6 Å². The lowest BCUT2D eigenvalue weighted by Crippen LogP contribution is -2.19. The van der Waals surface area contributed by atoms with Crippen LogP contribution in [-0.4, -0.2) is 10.1 Å². The number of hydrogen-bond donors (Lipinski definition) is 1. The molecule has 0 saturated heterocycles. The molecule has 1 aromatic rings. The van der Waals surface area contributed by atoms with Crippen molar-refractivity contribution in [3.05, 3.63) is 26.9 Å². The van der Waals surface area contributed by atoms with E-state index in [1.165, 1.54) is 0 Å². The van der Waals surface area contributed by atoms with E-state index < -0.39 is 6.10 Å². The van der Waals surface area contributed by atoms with Crippen molar-refractivity contribution in [3.63, 3.8) is 0 Å². The van der Waals surface area contributed by atoms with E-state index in [0.29, 0.717) is 5.69 Å². The predicted molar refractivity (Wildman–Crippen MR) is 64.1 cm³/mol. The number of pyridine rings is 1. The van der Waals surface area contributed by atoms with Gasteiger partial charge in [0.2, 0.25) is 0 Å². The summed E-state index contributed by atoms with van der Waals surface area (Å²) in [6, 6.07) is 1.89. The highest BCUT2D eigenvalue weighted by atomic mass is 79.9. The van der Waals surface area contributed by atoms with Crippen LogP contribution >= 0.6 is 31.9 Å². The first-order valence-corrected chi connectivity index (χ1v) is 5.90. The van der Waals surface area contributed by atoms with Gasteiger partial charge in [0.1, 0.15) is 6.10 Å². The summed E-state index contributed by atoms with van der Waals surface area (Å²) in [6.45, 7) is 5.94. The molecule has 1 atom stereocenters. The zero-order valence-electron chi connectivity index (χ0n) is 8.38. The van der Waals surface area contributed by atoms with Crippen molar-refractivity contribution >= 4 is 31.9 Å². The van der Waals surface area contributed by atoms with E-state index in [4.69, 9.17) is 0 Å². The minimum atomic E-state index is -0.565. The third kappa shape index (κ3) is 2.78. The van der Waals surface area contributed by atoms with E-state index >= 15 is 0 Å². The molecule has 0 aliphatic carbocycles. The minimum absolute atomic E-state index is 0.205. The summed E-state index contributed by atoms with van der Waals surface area (Å²) in [5.41, 5.74) is 0.476. The quantitative estimate of drug-likeness (QED) is 0.855. The number of hydrogen-bond acceptors (Lipinski definition) is 2. The van der Waals surface area contributed by atoms with Crippen molar-refractivity contribution in [2.75, 3.05) is 0 Å². The number of aromatic nitrogens is 1. The van der Waals surface area contributed by atoms with E-state index in [-0.39, 0.29) is 5.41 Å². The Morgan fingerprint density at radius 3 is 2.36 bits per heavy atom. The minimum Gasteiger partial charge on any atom is -0.386 e. The smallest absolute Gasteiger partial charge is 0.102 e. The van der Waals surface area contributed by atoms with Gasteiger partial charge in [-0.25, -0.2) is 0 Å². The number of aliphatic hydroxyl groups excluding tert-OH is 1. The molecule has 0 saturated carbocycles. The summed E-state index contributed by atoms with van der Waals surface area (Å²) in [5.74, 6) is 0. The molecule has 0 bridgehead atoms. The normalized spacial score (nSPS) is 14.1. The van der Waals surface area contributed by atoms with E-state index in [1.54, 1.807) is 6.20 Å². The molecular formula is C10H13Br2NO. The first-order valence-electron chi connectivity index (χ1n) is 4.31. The van der Waals surface area contributed by atoms with Gasteiger partial charge < -0.3 is 5.11 Å². The Morgan fingerprint density at radius 1 is 1.36 bits per heavy atom. The molecule has 1 unspecified atom stereocenters. The van der Waals surface area contributed by atoms with Crippen LogP contribution in [0, 0.1) is 5.41 Å². The summed E-state index contributed by atoms with van der Waals surface area (Å²) < 4.78 is 1.73. The Hall–Kier alpha value is 0.0700. The van der Waals surface area contributed by atoms with Gasteiger partial charge in [-0.2, -0.15) is 0 Å². The highest BCUT2D eigenvalue weighted by molar-refractivity contribution is 9.11. The molecule has 1 rings (SSSR count). The molecule has 14 heavy (non-hydrogen) atoms. The van der Waals surface area contributed by atoms with Gasteiger partial charge in [0.15, 0.2) is 0 Å². The Morgan fingerprint density at radius 2 is 1.93 bits per heavy atom. The third-order valence-electron chi connectivity index (χ3n) is 1.92. The average molecular weight is 323 g/mol. The second-order valence-corrected chi connectivity index (χ2v) is 6.06. The molecule has 0 spiro atoms. The summed E-state index contributed by atoms with van der Waals surface area (Å²) in [4.78, 5) is 4.20. The standard InChI is InChI=1S/C10H13Br2NO/c1-10(2,3)9(14)8-7(12)4-6(11)5-13-8/h4-5,9,14H,1-3H3. The molecule has 4 heteroatoms. The van der Waals surface area contributed by atoms with Gasteiger partial charge in [-0.3, -0.25) is 4.98 Å². The SMILES string of the molecule is CC(C)(C)C(O)c1ncc(Br)cc1Br. The molecule has 0 fully saturated rings. The fraction of sp³-hybridized carbons (Fsp3) is 0.500. The van der Waals surface area contributed by atoms with E-state index in [2.05, 4.69) is 36.8 Å². The Bertz CT molecular complexity index is 333. The van der Waals surface area contributed by atoms with Gasteiger partial charge in [0.05, 0.1) is 5.69 Å². The molecule has 2 nitrogen and oxygen atoms in total. The molecule has 1 N–H and O–H groups in total. The van der Waals surface area contributed by atoms with Crippen molar-refractivity contribution < 1.29 is 5.11 Å². The van der Waals surface area contributed by atoms with Gasteiger partial charge in [-0.15, -0.1) is 0 Å². The molecule has 78 valence electrons. The Labute approximate surface area is 101 Å². The molecule has 0 amide bonds. The fourth-order valence-electron chi connectivity index (χ4n) is 1.04. The van der Waals surface area contributed by atoms with E-state index in [9.17, 15) is 5.11 Å². The van der Waals surface area contributed by atoms with Crippen LogP contribution in [0.4, 0.5) is 0 Å². The lowest BCUT2D eigenvalue weighted by molar-refractivity contribution is 0.0582. The first-order chi connectivity index (χ1) is 6.32. The van der Waals surface area contributed by atoms with Crippen molar-refractivity contribution in [2.24, 2.45) is 5.41 Å². The Kier molecular flexibility index (Phi) is 3.72. The van der Waals surface area contributed by atoms with Crippen LogP contribution in [0.2, 0.25) is 0 Å². The summed E-state index contributed by atoms with van der Waals surface area (Å²) in [7, 11) is 0. The van der Waals surface area contributed by atoms with Gasteiger partial charge in [-0.05, 0) is 43.3 Å². The number of rotatable bonds is 1. The lowest BCUT2D eigenvalue weighted by Gasteiger charge is -2.25. The molecule has 0 aliphatic rings. The number of halogens is 2. The van der Waals surface area contributed by atoms with Crippen LogP contribution in [0.5, 0.6) is 0 Å². The maximum atomic E-state index is 10.0. The van der Waals surface area contributed by atoms with Crippen molar-refractivity contribution in [2.45, 2.75) is 26.9 Å². The number of aliphatic hydroxyl groups is 1. The Balaban J connectivity index is 3.08. The second-order valence-electron chi connectivity index (χ2n) is 4.29. The topological polar surface area (TPSA) is 33.1 Å². The first kappa shape index (κ1) is 12.1. The maximum absolute atomic E-state index is 10.0. The van der Waals surface area contributed by atoms with E-state index in [1.807, 2.05) is 26.8 Å². The highest BCUT2D eigenvalue weighted by Crippen LogP contribution is 2.35. The largest absolute Gasteiger partial charge is 0.386 e. The van der Waals surface area contributed by atoms with Crippen molar-refractivity contribution in [1.82, 2.24) is 4.98 Å². The van der Waals surface area contributed by atoms with E-state index in [0.717, 1.165) is 8.95 Å². The lowest BCUT2D eigenvalue weighted by atomic mass is 9.87. The summed E-state index contributed by atoms with van der Waals surface area (Å²) >= 11 is 6.71. The maximum Gasteiger partial charge on any atom is 0.102 e. The van der Waals surface area contributed by atoms with Gasteiger partial charge in [-0.1, -0.05) is 20.8 Å². The average Bonchev–Trinajstić information content (AvgIpc) is 2.01. The zero-order chi connectivity index (χ0) is 10.9. The number of nitrogens with zero attached hydrogens (tertiary/aromatic N) is 1. The molecule has 1 heterocycles. The summed E-state index contributed by atoms with van der Waals surface area (Å²) in [5, 5.41) is 10.0. The van der Waals surface area contributed by atoms with Crippen LogP contribution < -0.4 is 0 Å². The molecular weight excluding hydrogens is 310 g/mol. The van der Waals surface area contributed by atoms with Crippen molar-refractivity contribution in [1.29, 1.82) is 0 Å². The summed E-state index contributed by atoms with van der Waals surface area (Å²) in [6.07, 6.45) is 1.12. The second kappa shape index (κ2) is 4.29. The van der Waals surface area contributed by atoms with Crippen LogP contribution in [0.25, 0.3) is 0 Å². The van der Waals surface area contributed by atoms with Crippen LogP contribution in [-0.2, 0) is 0 Å². The van der Waals surface area contributed by atoms with Gasteiger partial charge in [0.25, 0.3) is 0 Å². The van der Waals surface area contributed by atoms with Crippen LogP contribution in [0.3, 0.4) is 0 Å². The fourth-order valence-corrected chi connectivity index (χ4v) is 2.24. The van der Waals surface area contributed by atoms with Gasteiger partial charge in [0, 0.05) is 15.1 Å².